The SMILES string of the molecule is Cc1cc(S(=O)(=O)O)c(Cl)c(C)c1-c1cccc2c1c(C(=O)[O-])c1ccccc1[n+]2CCCS(=O)(=O)O. The number of aromatic carboxylic acids is 1. The number of hydrogen-bond acceptors (Lipinski definition) is 6. The Morgan fingerprint density at radius 3 is 2.27 bits per heavy atom. The molecule has 3 aromatic carbocycles. The summed E-state index contributed by atoms with van der Waals surface area (Å²) in [7, 11) is -8.82. The third kappa shape index (κ3) is 5.05. The molecule has 0 aliphatic heterocycles. The highest BCUT2D eigenvalue weighted by Crippen LogP contribution is 2.40. The molecule has 0 aliphatic carbocycles. The van der Waals surface area contributed by atoms with Crippen LogP contribution in [0.1, 0.15) is 27.9 Å². The van der Waals surface area contributed by atoms with Crippen molar-refractivity contribution in [3.63, 3.8) is 0 Å². The molecule has 9 nitrogen and oxygen atoms in total. The number of carbonyl (C=O) groups excluding carboxylic acids is 1. The maximum absolute atomic E-state index is 12.5. The molecule has 0 amide bonds. The molecule has 37 heavy (non-hydrogen) atoms. The average molecular weight is 564 g/mol. The predicted molar refractivity (Wildman–Crippen MR) is 137 cm³/mol. The lowest BCUT2D eigenvalue weighted by Crippen LogP contribution is -2.38. The third-order valence-corrected chi connectivity index (χ3v) is 8.53. The monoisotopic (exact) mass is 563 g/mol. The summed E-state index contributed by atoms with van der Waals surface area (Å²) in [6.07, 6.45) is 0.0600. The van der Waals surface area contributed by atoms with Crippen molar-refractivity contribution >= 4 is 59.6 Å². The number of carbonyl (C=O) groups is 1. The topological polar surface area (TPSA) is 153 Å². The zero-order valence-electron chi connectivity index (χ0n) is 19.7. The Labute approximate surface area is 218 Å². The minimum absolute atomic E-state index is 0.0600. The van der Waals surface area contributed by atoms with Gasteiger partial charge in [-0.05, 0) is 48.2 Å². The smallest absolute Gasteiger partial charge is 0.296 e. The van der Waals surface area contributed by atoms with Crippen molar-refractivity contribution < 1.29 is 40.4 Å². The highest BCUT2D eigenvalue weighted by atomic mass is 35.5. The summed E-state index contributed by atoms with van der Waals surface area (Å²) < 4.78 is 66.9. The molecule has 0 fully saturated rings. The lowest BCUT2D eigenvalue weighted by molar-refractivity contribution is -0.645. The second-order valence-corrected chi connectivity index (χ2v) is 12.0. The quantitative estimate of drug-likeness (QED) is 0.197. The van der Waals surface area contributed by atoms with Gasteiger partial charge in [0.05, 0.1) is 27.5 Å². The van der Waals surface area contributed by atoms with Crippen LogP contribution in [0.4, 0.5) is 0 Å². The van der Waals surface area contributed by atoms with Crippen molar-refractivity contribution in [2.24, 2.45) is 0 Å². The van der Waals surface area contributed by atoms with Gasteiger partial charge in [-0.2, -0.15) is 21.4 Å². The summed E-state index contributed by atoms with van der Waals surface area (Å²) in [5, 5.41) is 13.0. The molecule has 1 aromatic heterocycles. The van der Waals surface area contributed by atoms with Crippen molar-refractivity contribution in [3.05, 3.63) is 70.2 Å². The first-order chi connectivity index (χ1) is 17.2. The largest absolute Gasteiger partial charge is 0.545 e. The van der Waals surface area contributed by atoms with E-state index in [1.807, 2.05) is 0 Å². The van der Waals surface area contributed by atoms with E-state index in [0.29, 0.717) is 38.7 Å². The first-order valence-corrected chi connectivity index (χ1v) is 14.5. The van der Waals surface area contributed by atoms with Gasteiger partial charge in [-0.3, -0.25) is 9.11 Å². The van der Waals surface area contributed by atoms with Gasteiger partial charge in [-0.15, -0.1) is 0 Å². The number of para-hydroxylation sites is 1. The number of carboxylic acid groups (broad SMARTS) is 1. The molecule has 1 heterocycles. The van der Waals surface area contributed by atoms with Gasteiger partial charge in [0, 0.05) is 24.1 Å². The van der Waals surface area contributed by atoms with Gasteiger partial charge in [-0.1, -0.05) is 35.9 Å². The zero-order chi connectivity index (χ0) is 27.3. The summed E-state index contributed by atoms with van der Waals surface area (Å²) in [6, 6.07) is 13.0. The van der Waals surface area contributed by atoms with Crippen LogP contribution in [0, 0.1) is 13.8 Å². The summed E-state index contributed by atoms with van der Waals surface area (Å²) in [5.41, 5.74) is 2.54. The summed E-state index contributed by atoms with van der Waals surface area (Å²) >= 11 is 6.34. The molecule has 0 unspecified atom stereocenters. The lowest BCUT2D eigenvalue weighted by atomic mass is 9.89. The fourth-order valence-corrected chi connectivity index (χ4v) is 6.44. The third-order valence-electron chi connectivity index (χ3n) is 6.25. The Kier molecular flexibility index (Phi) is 7.04. The highest BCUT2D eigenvalue weighted by Gasteiger charge is 2.27. The zero-order valence-corrected chi connectivity index (χ0v) is 22.1. The number of benzene rings is 3. The number of halogens is 1. The normalized spacial score (nSPS) is 12.4. The number of rotatable bonds is 7. The maximum atomic E-state index is 12.5. The summed E-state index contributed by atoms with van der Waals surface area (Å²) in [4.78, 5) is 12.1. The molecule has 0 atom stereocenters. The fourth-order valence-electron chi connectivity index (χ4n) is 4.80. The summed E-state index contributed by atoms with van der Waals surface area (Å²) in [5.74, 6) is -1.92. The molecule has 0 saturated heterocycles. The van der Waals surface area contributed by atoms with E-state index in [2.05, 4.69) is 0 Å². The number of pyridine rings is 1. The van der Waals surface area contributed by atoms with Gasteiger partial charge in [0.1, 0.15) is 4.90 Å². The number of fused-ring (bicyclic) bond motifs is 2. The molecule has 4 aromatic rings. The van der Waals surface area contributed by atoms with Crippen LogP contribution in [0.15, 0.2) is 53.4 Å². The second kappa shape index (κ2) is 9.66. The van der Waals surface area contributed by atoms with E-state index < -0.39 is 36.9 Å². The minimum Gasteiger partial charge on any atom is -0.545 e. The first kappa shape index (κ1) is 27.0. The van der Waals surface area contributed by atoms with Crippen molar-refractivity contribution in [2.45, 2.75) is 31.7 Å². The van der Waals surface area contributed by atoms with E-state index >= 15 is 0 Å². The second-order valence-electron chi connectivity index (χ2n) is 8.65. The molecule has 0 aliphatic rings. The van der Waals surface area contributed by atoms with Crippen LogP contribution in [-0.4, -0.2) is 37.7 Å². The van der Waals surface area contributed by atoms with Gasteiger partial charge >= 0.3 is 0 Å². The number of hydrogen-bond donors (Lipinski definition) is 2. The molecule has 4 rings (SSSR count). The Bertz CT molecular complexity index is 1820. The molecule has 0 bridgehead atoms. The van der Waals surface area contributed by atoms with E-state index in [-0.39, 0.29) is 28.9 Å². The van der Waals surface area contributed by atoms with Crippen LogP contribution < -0.4 is 9.67 Å². The molecule has 2 N–H and O–H groups in total. The van der Waals surface area contributed by atoms with Gasteiger partial charge < -0.3 is 9.90 Å². The maximum Gasteiger partial charge on any atom is 0.296 e. The fraction of sp³-hybridized carbons (Fsp3) is 0.200. The molecular weight excluding hydrogens is 542 g/mol. The van der Waals surface area contributed by atoms with Crippen molar-refractivity contribution in [3.8, 4) is 11.1 Å². The van der Waals surface area contributed by atoms with E-state index in [1.54, 1.807) is 60.9 Å². The van der Waals surface area contributed by atoms with Gasteiger partial charge in [0.15, 0.2) is 6.54 Å². The Morgan fingerprint density at radius 1 is 1.00 bits per heavy atom. The standard InChI is InChI=1S/C25H22ClNO8S2/c1-14-13-20(37(33,34)35)24(26)15(2)21(14)17-8-5-10-19-22(17)23(25(28)29)16-7-3-4-9-18(16)27(19)11-6-12-36(30,31)32/h3-5,7-10,13H,6,11-12H2,1-2H3,(H2-,28,29,30,31,32,33,34,35). The van der Waals surface area contributed by atoms with Crippen LogP contribution in [0.25, 0.3) is 32.9 Å². The van der Waals surface area contributed by atoms with E-state index in [0.717, 1.165) is 0 Å². The average Bonchev–Trinajstić information content (AvgIpc) is 2.79. The number of aryl methyl sites for hydroxylation is 2. The van der Waals surface area contributed by atoms with Crippen LogP contribution in [0.3, 0.4) is 0 Å². The van der Waals surface area contributed by atoms with Crippen LogP contribution in [-0.2, 0) is 26.8 Å². The Hall–Kier alpha value is -3.09. The van der Waals surface area contributed by atoms with E-state index in [4.69, 9.17) is 11.6 Å². The first-order valence-electron chi connectivity index (χ1n) is 11.0. The van der Waals surface area contributed by atoms with Gasteiger partial charge in [0.25, 0.3) is 20.2 Å². The highest BCUT2D eigenvalue weighted by molar-refractivity contribution is 7.86. The molecule has 0 spiro atoms. The van der Waals surface area contributed by atoms with Crippen LogP contribution in [0.2, 0.25) is 5.02 Å². The van der Waals surface area contributed by atoms with Crippen molar-refractivity contribution in [2.75, 3.05) is 5.75 Å². The molecular formula is C25H22ClNO8S2. The van der Waals surface area contributed by atoms with Crippen LogP contribution in [0.5, 0.6) is 0 Å². The molecule has 12 heteroatoms. The minimum atomic E-state index is -4.61. The van der Waals surface area contributed by atoms with Gasteiger partial charge in [-0.25, -0.2) is 0 Å². The number of aromatic nitrogens is 1. The van der Waals surface area contributed by atoms with E-state index in [9.17, 15) is 35.8 Å². The van der Waals surface area contributed by atoms with Crippen molar-refractivity contribution in [1.29, 1.82) is 0 Å². The van der Waals surface area contributed by atoms with Gasteiger partial charge in [0.2, 0.25) is 11.0 Å². The molecule has 0 radical (unpaired) electrons. The lowest BCUT2D eigenvalue weighted by Gasteiger charge is -2.19. The Morgan fingerprint density at radius 2 is 1.65 bits per heavy atom. The number of carboxylic acids is 1. The summed E-state index contributed by atoms with van der Waals surface area (Å²) in [6.45, 7) is 3.33. The predicted octanol–water partition coefficient (Wildman–Crippen LogP) is 3.11. The molecule has 0 saturated carbocycles. The molecule has 194 valence electrons. The van der Waals surface area contributed by atoms with Crippen LogP contribution >= 0.6 is 11.6 Å². The number of nitrogens with zero attached hydrogens (tertiary/aromatic N) is 1. The van der Waals surface area contributed by atoms with E-state index in [1.165, 1.54) is 6.07 Å². The Balaban J connectivity index is 2.15. The van der Waals surface area contributed by atoms with Crippen molar-refractivity contribution in [1.82, 2.24) is 0 Å².